The molecule has 17 heavy (non-hydrogen) atoms. The molecule has 1 fully saturated rings. The third kappa shape index (κ3) is 2.87. The summed E-state index contributed by atoms with van der Waals surface area (Å²) in [6.07, 6.45) is 0.986. The van der Waals surface area contributed by atoms with Gasteiger partial charge in [-0.1, -0.05) is 19.1 Å². The summed E-state index contributed by atoms with van der Waals surface area (Å²) < 4.78 is 0.981. The van der Waals surface area contributed by atoms with Crippen molar-refractivity contribution in [3.63, 3.8) is 0 Å². The number of hydrogen-bond donors (Lipinski definition) is 1. The predicted molar refractivity (Wildman–Crippen MR) is 73.1 cm³/mol. The second-order valence-corrected chi connectivity index (χ2v) is 5.25. The van der Waals surface area contributed by atoms with Crippen molar-refractivity contribution in [1.82, 2.24) is 5.32 Å². The summed E-state index contributed by atoms with van der Waals surface area (Å²) in [6.45, 7) is 4.49. The fourth-order valence-electron chi connectivity index (χ4n) is 2.05. The molecule has 1 aromatic carbocycles. The quantitative estimate of drug-likeness (QED) is 0.863. The van der Waals surface area contributed by atoms with E-state index < -0.39 is 0 Å². The molecule has 1 aliphatic heterocycles. The molecule has 1 atom stereocenters. The molecule has 0 aliphatic carbocycles. The summed E-state index contributed by atoms with van der Waals surface area (Å²) in [6, 6.07) is 7.90. The molecule has 1 aliphatic rings. The number of anilines is 1. The molecule has 0 spiro atoms. The Balaban J connectivity index is 2.28. The largest absolute Gasteiger partial charge is 0.316 e. The minimum absolute atomic E-state index is 0.0300. The summed E-state index contributed by atoms with van der Waals surface area (Å²) in [7, 11) is 0. The first kappa shape index (κ1) is 12.6. The summed E-state index contributed by atoms with van der Waals surface area (Å²) in [5, 5.41) is 3.29. The maximum Gasteiger partial charge on any atom is 0.231 e. The van der Waals surface area contributed by atoms with E-state index in [4.69, 9.17) is 0 Å². The van der Waals surface area contributed by atoms with Gasteiger partial charge in [-0.05, 0) is 41.0 Å². The van der Waals surface area contributed by atoms with E-state index in [0.717, 1.165) is 36.2 Å². The van der Waals surface area contributed by atoms with Crippen LogP contribution in [0.15, 0.2) is 28.7 Å². The average molecular weight is 297 g/mol. The molecule has 1 amide bonds. The Morgan fingerprint density at radius 1 is 1.41 bits per heavy atom. The molecule has 3 nitrogen and oxygen atoms in total. The normalized spacial score (nSPS) is 22.1. The molecule has 1 unspecified atom stereocenters. The highest BCUT2D eigenvalue weighted by Crippen LogP contribution is 2.27. The van der Waals surface area contributed by atoms with Crippen LogP contribution in [0.25, 0.3) is 0 Å². The van der Waals surface area contributed by atoms with Gasteiger partial charge in [0.25, 0.3) is 0 Å². The van der Waals surface area contributed by atoms with Crippen LogP contribution in [0.1, 0.15) is 13.3 Å². The minimum Gasteiger partial charge on any atom is -0.316 e. The van der Waals surface area contributed by atoms with E-state index in [-0.39, 0.29) is 11.8 Å². The van der Waals surface area contributed by atoms with Crippen molar-refractivity contribution >= 4 is 27.5 Å². The lowest BCUT2D eigenvalue weighted by Gasteiger charge is -2.29. The monoisotopic (exact) mass is 296 g/mol. The predicted octanol–water partition coefficient (Wildman–Crippen LogP) is 2.41. The van der Waals surface area contributed by atoms with E-state index in [2.05, 4.69) is 21.2 Å². The fraction of sp³-hybridized carbons (Fsp3) is 0.462. The zero-order valence-electron chi connectivity index (χ0n) is 9.95. The van der Waals surface area contributed by atoms with Crippen LogP contribution in [0.5, 0.6) is 0 Å². The van der Waals surface area contributed by atoms with E-state index in [9.17, 15) is 4.79 Å². The highest BCUT2D eigenvalue weighted by molar-refractivity contribution is 9.10. The number of nitrogens with one attached hydrogen (secondary N) is 1. The lowest BCUT2D eigenvalue weighted by Crippen LogP contribution is -2.43. The molecule has 2 rings (SSSR count). The third-order valence-electron chi connectivity index (χ3n) is 3.02. The van der Waals surface area contributed by atoms with E-state index >= 15 is 0 Å². The number of amides is 1. The Bertz CT molecular complexity index is 408. The van der Waals surface area contributed by atoms with Gasteiger partial charge in [0.15, 0.2) is 0 Å². The Labute approximate surface area is 110 Å². The number of benzene rings is 1. The number of carbonyl (C=O) groups is 1. The molecule has 0 saturated carbocycles. The molecule has 0 aromatic heterocycles. The topological polar surface area (TPSA) is 32.3 Å². The smallest absolute Gasteiger partial charge is 0.231 e. The first-order valence-corrected chi connectivity index (χ1v) is 6.76. The summed E-state index contributed by atoms with van der Waals surface area (Å²) >= 11 is 3.51. The first-order valence-electron chi connectivity index (χ1n) is 5.97. The number of halogens is 1. The lowest BCUT2D eigenvalue weighted by atomic mass is 10.1. The van der Waals surface area contributed by atoms with E-state index in [0.29, 0.717) is 0 Å². The molecule has 1 heterocycles. The zero-order chi connectivity index (χ0) is 12.3. The van der Waals surface area contributed by atoms with E-state index in [1.807, 2.05) is 36.1 Å². The second-order valence-electron chi connectivity index (χ2n) is 4.40. The van der Waals surface area contributed by atoms with Gasteiger partial charge >= 0.3 is 0 Å². The van der Waals surface area contributed by atoms with Crippen molar-refractivity contribution in [2.45, 2.75) is 13.3 Å². The Kier molecular flexibility index (Phi) is 4.18. The molecule has 1 N–H and O–H groups in total. The second kappa shape index (κ2) is 5.65. The van der Waals surface area contributed by atoms with Crippen LogP contribution < -0.4 is 10.2 Å². The number of nitrogens with zero attached hydrogens (tertiary/aromatic N) is 1. The summed E-state index contributed by atoms with van der Waals surface area (Å²) in [5.74, 6) is 0.228. The number of rotatable bonds is 1. The standard InChI is InChI=1S/C13H17BrN2O/c1-10-9-15-7-4-8-16(13(10)17)12-6-3-2-5-11(12)14/h2-3,5-6,10,15H,4,7-9H2,1H3. The van der Waals surface area contributed by atoms with Gasteiger partial charge in [0.2, 0.25) is 5.91 Å². The number of carbonyl (C=O) groups excluding carboxylic acids is 1. The van der Waals surface area contributed by atoms with Gasteiger partial charge in [-0.15, -0.1) is 0 Å². The van der Waals surface area contributed by atoms with Gasteiger partial charge in [-0.3, -0.25) is 4.79 Å². The average Bonchev–Trinajstić information content (AvgIpc) is 2.32. The molecule has 1 aromatic rings. The molecule has 0 radical (unpaired) electrons. The third-order valence-corrected chi connectivity index (χ3v) is 3.69. The van der Waals surface area contributed by atoms with Crippen LogP contribution in [0.3, 0.4) is 0 Å². The Morgan fingerprint density at radius 3 is 2.94 bits per heavy atom. The molecule has 0 bridgehead atoms. The maximum atomic E-state index is 12.3. The van der Waals surface area contributed by atoms with Crippen LogP contribution in [0.2, 0.25) is 0 Å². The van der Waals surface area contributed by atoms with Crippen LogP contribution in [0, 0.1) is 5.92 Å². The van der Waals surface area contributed by atoms with E-state index in [1.165, 1.54) is 0 Å². The molecule has 1 saturated heterocycles. The van der Waals surface area contributed by atoms with Gasteiger partial charge in [0, 0.05) is 23.5 Å². The van der Waals surface area contributed by atoms with Crippen molar-refractivity contribution in [1.29, 1.82) is 0 Å². The minimum atomic E-state index is 0.0300. The highest BCUT2D eigenvalue weighted by Gasteiger charge is 2.24. The zero-order valence-corrected chi connectivity index (χ0v) is 11.5. The fourth-order valence-corrected chi connectivity index (χ4v) is 2.55. The molecule has 4 heteroatoms. The van der Waals surface area contributed by atoms with Crippen molar-refractivity contribution in [2.24, 2.45) is 5.92 Å². The van der Waals surface area contributed by atoms with Crippen LogP contribution >= 0.6 is 15.9 Å². The van der Waals surface area contributed by atoms with E-state index in [1.54, 1.807) is 0 Å². The molecular formula is C13H17BrN2O. The number of hydrogen-bond acceptors (Lipinski definition) is 2. The SMILES string of the molecule is CC1CNCCCN(c2ccccc2Br)C1=O. The van der Waals surface area contributed by atoms with Crippen molar-refractivity contribution in [3.8, 4) is 0 Å². The highest BCUT2D eigenvalue weighted by atomic mass is 79.9. The van der Waals surface area contributed by atoms with Crippen LogP contribution in [-0.2, 0) is 4.79 Å². The Hall–Kier alpha value is -0.870. The van der Waals surface area contributed by atoms with Crippen LogP contribution in [0.4, 0.5) is 5.69 Å². The Morgan fingerprint density at radius 2 is 2.18 bits per heavy atom. The molecule has 92 valence electrons. The lowest BCUT2D eigenvalue weighted by molar-refractivity contribution is -0.122. The van der Waals surface area contributed by atoms with Crippen molar-refractivity contribution in [3.05, 3.63) is 28.7 Å². The van der Waals surface area contributed by atoms with Gasteiger partial charge in [-0.2, -0.15) is 0 Å². The van der Waals surface area contributed by atoms with Gasteiger partial charge in [0.05, 0.1) is 5.69 Å². The molecular weight excluding hydrogens is 280 g/mol. The summed E-state index contributed by atoms with van der Waals surface area (Å²) in [5.41, 5.74) is 0.978. The maximum absolute atomic E-state index is 12.3. The van der Waals surface area contributed by atoms with Gasteiger partial charge in [0.1, 0.15) is 0 Å². The van der Waals surface area contributed by atoms with Crippen molar-refractivity contribution < 1.29 is 4.79 Å². The number of para-hydroxylation sites is 1. The van der Waals surface area contributed by atoms with Crippen LogP contribution in [-0.4, -0.2) is 25.5 Å². The van der Waals surface area contributed by atoms with Crippen molar-refractivity contribution in [2.75, 3.05) is 24.5 Å². The van der Waals surface area contributed by atoms with Gasteiger partial charge in [-0.25, -0.2) is 0 Å². The first-order chi connectivity index (χ1) is 8.20. The van der Waals surface area contributed by atoms with Gasteiger partial charge < -0.3 is 10.2 Å². The summed E-state index contributed by atoms with van der Waals surface area (Å²) in [4.78, 5) is 14.2.